The number of rotatable bonds is 27. The van der Waals surface area contributed by atoms with E-state index in [1.807, 2.05) is 71.0 Å². The van der Waals surface area contributed by atoms with Crippen molar-refractivity contribution < 1.29 is 38.2 Å². The van der Waals surface area contributed by atoms with Crippen LogP contribution < -0.4 is 26.6 Å². The molecule has 0 spiro atoms. The maximum atomic E-state index is 13.8. The number of hydrogen-bond acceptors (Lipinski definition) is 9. The Morgan fingerprint density at radius 2 is 1.60 bits per heavy atom. The van der Waals surface area contributed by atoms with Gasteiger partial charge in [0.1, 0.15) is 29.7 Å². The van der Waals surface area contributed by atoms with E-state index in [1.54, 1.807) is 31.5 Å². The summed E-state index contributed by atoms with van der Waals surface area (Å²) in [5.41, 5.74) is 2.10. The normalized spacial score (nSPS) is 14.6. The molecular weight excluding hydrogens is 727 g/mol. The van der Waals surface area contributed by atoms with Gasteiger partial charge in [0.05, 0.1) is 32.0 Å². The standard InChI is InChI=1S/C44H65N5O8/c1-7-9-20-32(25-28-56-27-17-12-10-11-16-26-50)29-36(47-37(51)30-45-6)42(54)48-35(19-8-2)40(53)43(55)46-31-38(52)49-39(33-21-14-13-15-22-33)41(34-23-18-24-34)57-44(3,4)5/h7,9,13-15,20-22,25-26,28,35-36,39,45H,8,10-12,16-19,23-24,27,29-31H2,1-6H3,(H,46,55)(H,47,51)(H,48,54)(H,49,52)/b9-7-,28-25+,32-20+. The summed E-state index contributed by atoms with van der Waals surface area (Å²) in [5.74, 6) is -2.84. The van der Waals surface area contributed by atoms with E-state index in [0.29, 0.717) is 30.8 Å². The third-order valence-corrected chi connectivity index (χ3v) is 8.91. The van der Waals surface area contributed by atoms with Crippen molar-refractivity contribution in [1.82, 2.24) is 26.6 Å². The molecule has 0 saturated heterocycles. The van der Waals surface area contributed by atoms with E-state index in [4.69, 9.17) is 9.47 Å². The van der Waals surface area contributed by atoms with Crippen LogP contribution in [-0.2, 0) is 38.2 Å². The van der Waals surface area contributed by atoms with Gasteiger partial charge in [-0.15, -0.1) is 0 Å². The topological polar surface area (TPSA) is 181 Å². The predicted molar refractivity (Wildman–Crippen MR) is 222 cm³/mol. The first-order valence-electron chi connectivity index (χ1n) is 20.2. The molecule has 314 valence electrons. The summed E-state index contributed by atoms with van der Waals surface area (Å²) >= 11 is 0. The number of likely N-dealkylation sites (N-methyl/N-ethyl adjacent to an activating group) is 1. The van der Waals surface area contributed by atoms with Crippen LogP contribution >= 0.6 is 0 Å². The van der Waals surface area contributed by atoms with Crippen LogP contribution in [0.25, 0.3) is 0 Å². The molecule has 0 bridgehead atoms. The quantitative estimate of drug-likeness (QED) is 0.0258. The molecule has 13 heteroatoms. The number of ketones is 1. The molecule has 1 aromatic carbocycles. The highest BCUT2D eigenvalue weighted by Crippen LogP contribution is 2.37. The smallest absolute Gasteiger partial charge is 0.290 e. The van der Waals surface area contributed by atoms with Gasteiger partial charge in [-0.25, -0.2) is 0 Å². The summed E-state index contributed by atoms with van der Waals surface area (Å²) in [5, 5.41) is 13.6. The van der Waals surface area contributed by atoms with Crippen molar-refractivity contribution in [1.29, 1.82) is 0 Å². The fourth-order valence-corrected chi connectivity index (χ4v) is 5.89. The molecule has 1 aromatic rings. The van der Waals surface area contributed by atoms with Crippen LogP contribution in [0.2, 0.25) is 0 Å². The summed E-state index contributed by atoms with van der Waals surface area (Å²) in [6.45, 7) is 9.47. The largest absolute Gasteiger partial charge is 0.501 e. The van der Waals surface area contributed by atoms with Gasteiger partial charge >= 0.3 is 0 Å². The third kappa shape index (κ3) is 19.1. The second-order valence-electron chi connectivity index (χ2n) is 15.0. The fourth-order valence-electron chi connectivity index (χ4n) is 5.89. The average molecular weight is 792 g/mol. The van der Waals surface area contributed by atoms with Crippen molar-refractivity contribution in [3.8, 4) is 0 Å². The second kappa shape index (κ2) is 26.7. The Labute approximate surface area is 338 Å². The molecule has 2 rings (SSSR count). The van der Waals surface area contributed by atoms with E-state index in [2.05, 4.69) is 26.6 Å². The molecule has 1 saturated carbocycles. The Hall–Kier alpha value is -5.04. The van der Waals surface area contributed by atoms with Gasteiger partial charge in [-0.1, -0.05) is 74.7 Å². The van der Waals surface area contributed by atoms with Crippen molar-refractivity contribution in [3.05, 3.63) is 83.4 Å². The van der Waals surface area contributed by atoms with E-state index in [1.165, 1.54) is 0 Å². The number of ether oxygens (including phenoxy) is 2. The van der Waals surface area contributed by atoms with Gasteiger partial charge in [-0.3, -0.25) is 24.0 Å². The molecule has 1 aliphatic carbocycles. The number of carbonyl (C=O) groups is 6. The molecule has 57 heavy (non-hydrogen) atoms. The minimum absolute atomic E-state index is 0.0443. The first kappa shape index (κ1) is 48.1. The zero-order valence-electron chi connectivity index (χ0n) is 34.7. The van der Waals surface area contributed by atoms with E-state index in [-0.39, 0.29) is 19.4 Å². The van der Waals surface area contributed by atoms with Gasteiger partial charge in [0.15, 0.2) is 0 Å². The molecule has 1 fully saturated rings. The number of Topliss-reactive ketones (excluding diaryl/α,β-unsaturated/α-hetero) is 1. The molecule has 0 radical (unpaired) electrons. The monoisotopic (exact) mass is 791 g/mol. The number of allylic oxidation sites excluding steroid dienone is 5. The number of nitrogens with one attached hydrogen (secondary N) is 5. The number of carbonyl (C=O) groups excluding carboxylic acids is 6. The summed E-state index contributed by atoms with van der Waals surface area (Å²) < 4.78 is 12.1. The summed E-state index contributed by atoms with van der Waals surface area (Å²) in [4.78, 5) is 77.0. The van der Waals surface area contributed by atoms with Gasteiger partial charge in [0, 0.05) is 12.8 Å². The lowest BCUT2D eigenvalue weighted by Gasteiger charge is -2.34. The highest BCUT2D eigenvalue weighted by atomic mass is 16.5. The van der Waals surface area contributed by atoms with Gasteiger partial charge < -0.3 is 40.9 Å². The van der Waals surface area contributed by atoms with E-state index < -0.39 is 59.7 Å². The van der Waals surface area contributed by atoms with Crippen molar-refractivity contribution in [2.45, 2.75) is 129 Å². The number of hydrogen-bond donors (Lipinski definition) is 5. The predicted octanol–water partition coefficient (Wildman–Crippen LogP) is 5.34. The van der Waals surface area contributed by atoms with Crippen LogP contribution in [0.3, 0.4) is 0 Å². The number of aldehydes is 1. The maximum absolute atomic E-state index is 13.8. The molecule has 3 unspecified atom stereocenters. The van der Waals surface area contributed by atoms with E-state index >= 15 is 0 Å². The number of amides is 4. The van der Waals surface area contributed by atoms with Crippen molar-refractivity contribution in [2.75, 3.05) is 26.7 Å². The average Bonchev–Trinajstić information content (AvgIpc) is 3.15. The fraction of sp³-hybridized carbons (Fsp3) is 0.545. The van der Waals surface area contributed by atoms with E-state index in [0.717, 1.165) is 62.4 Å². The van der Waals surface area contributed by atoms with Gasteiger partial charge in [-0.2, -0.15) is 0 Å². The lowest BCUT2D eigenvalue weighted by atomic mass is 9.87. The Morgan fingerprint density at radius 3 is 2.21 bits per heavy atom. The van der Waals surface area contributed by atoms with Gasteiger partial charge in [-0.05, 0) is 96.1 Å². The lowest BCUT2D eigenvalue weighted by molar-refractivity contribution is -0.141. The molecule has 1 aliphatic rings. The number of unbranched alkanes of at least 4 members (excludes halogenated alkanes) is 4. The maximum Gasteiger partial charge on any atom is 0.290 e. The van der Waals surface area contributed by atoms with Crippen LogP contribution in [0.5, 0.6) is 0 Å². The van der Waals surface area contributed by atoms with Crippen molar-refractivity contribution >= 4 is 35.7 Å². The third-order valence-electron chi connectivity index (χ3n) is 8.91. The van der Waals surface area contributed by atoms with Crippen LogP contribution in [0.15, 0.2) is 77.8 Å². The van der Waals surface area contributed by atoms with Crippen LogP contribution in [0.1, 0.15) is 117 Å². The first-order valence-corrected chi connectivity index (χ1v) is 20.2. The van der Waals surface area contributed by atoms with Gasteiger partial charge in [0.2, 0.25) is 23.5 Å². The second-order valence-corrected chi connectivity index (χ2v) is 15.0. The lowest BCUT2D eigenvalue weighted by Crippen LogP contribution is -2.55. The minimum Gasteiger partial charge on any atom is -0.501 e. The summed E-state index contributed by atoms with van der Waals surface area (Å²) in [7, 11) is 1.61. The highest BCUT2D eigenvalue weighted by Gasteiger charge is 2.32. The Morgan fingerprint density at radius 1 is 0.895 bits per heavy atom. The van der Waals surface area contributed by atoms with Crippen LogP contribution in [0.4, 0.5) is 0 Å². The molecular formula is C44H65N5O8. The van der Waals surface area contributed by atoms with Crippen LogP contribution in [-0.4, -0.2) is 80.1 Å². The summed E-state index contributed by atoms with van der Waals surface area (Å²) in [6.07, 6.45) is 17.2. The minimum atomic E-state index is -1.20. The summed E-state index contributed by atoms with van der Waals surface area (Å²) in [6, 6.07) is 6.56. The molecule has 13 nitrogen and oxygen atoms in total. The molecule has 4 amide bonds. The molecule has 0 heterocycles. The molecule has 0 aromatic heterocycles. The number of benzene rings is 1. The highest BCUT2D eigenvalue weighted by molar-refractivity contribution is 6.38. The van der Waals surface area contributed by atoms with Crippen molar-refractivity contribution in [3.63, 3.8) is 0 Å². The van der Waals surface area contributed by atoms with Crippen molar-refractivity contribution in [2.24, 2.45) is 0 Å². The first-order chi connectivity index (χ1) is 27.3. The SMILES string of the molecule is C\C=C/C=C(\C=C\OCCCCCCC=O)CC(NC(=O)CNC)C(=O)NC(CCC)C(=O)C(=O)NCC(=O)NC(C(OC(C)(C)C)=C1CCC1)c1ccccc1. The van der Waals surface area contributed by atoms with E-state index in [9.17, 15) is 28.8 Å². The zero-order chi connectivity index (χ0) is 42.1. The molecule has 5 N–H and O–H groups in total. The van der Waals surface area contributed by atoms with Crippen LogP contribution in [0, 0.1) is 0 Å². The Bertz CT molecular complexity index is 1570. The Balaban J connectivity index is 2.16. The van der Waals surface area contributed by atoms with Gasteiger partial charge in [0.25, 0.3) is 5.91 Å². The molecule has 0 aliphatic heterocycles. The molecule has 3 atom stereocenters. The zero-order valence-corrected chi connectivity index (χ0v) is 34.7. The Kier molecular flexibility index (Phi) is 22.6.